The molecule has 0 amide bonds. The van der Waals surface area contributed by atoms with E-state index in [1.165, 1.54) is 19.3 Å². The van der Waals surface area contributed by atoms with Gasteiger partial charge in [-0.1, -0.05) is 12.2 Å². The summed E-state index contributed by atoms with van der Waals surface area (Å²) in [4.78, 5) is 0. The topological polar surface area (TPSA) is 21.3 Å². The fraction of sp³-hybridized carbons (Fsp3) is 0.538. The molecule has 0 saturated heterocycles. The molecule has 0 atom stereocenters. The van der Waals surface area contributed by atoms with Gasteiger partial charge >= 0.3 is 0 Å². The van der Waals surface area contributed by atoms with Gasteiger partial charge in [0, 0.05) is 18.8 Å². The summed E-state index contributed by atoms with van der Waals surface area (Å²) in [7, 11) is 1.95. The highest BCUT2D eigenvalue weighted by atomic mass is 16.5. The molecule has 15 heavy (non-hydrogen) atoms. The highest BCUT2D eigenvalue weighted by Crippen LogP contribution is 2.25. The molecular formula is C13H19NO. The highest BCUT2D eigenvalue weighted by molar-refractivity contribution is 5.27. The number of nitrogens with one attached hydrogen (secondary N) is 1. The molecule has 0 unspecified atom stereocenters. The fourth-order valence-electron chi connectivity index (χ4n) is 1.72. The van der Waals surface area contributed by atoms with Crippen LogP contribution in [0.1, 0.15) is 32.1 Å². The Morgan fingerprint density at radius 3 is 2.87 bits per heavy atom. The Hall–Kier alpha value is -1.18. The summed E-state index contributed by atoms with van der Waals surface area (Å²) < 4.78 is 5.89. The van der Waals surface area contributed by atoms with Crippen LogP contribution in [0.25, 0.3) is 0 Å². The maximum atomic E-state index is 5.89. The maximum absolute atomic E-state index is 5.89. The normalized spacial score (nSPS) is 24.1. The van der Waals surface area contributed by atoms with E-state index in [0.29, 0.717) is 6.10 Å². The molecule has 0 aromatic carbocycles. The van der Waals surface area contributed by atoms with Crippen molar-refractivity contribution in [3.63, 3.8) is 0 Å². The van der Waals surface area contributed by atoms with Crippen molar-refractivity contribution in [2.45, 2.75) is 38.2 Å². The van der Waals surface area contributed by atoms with Crippen molar-refractivity contribution in [1.29, 1.82) is 0 Å². The van der Waals surface area contributed by atoms with Crippen molar-refractivity contribution in [2.24, 2.45) is 0 Å². The lowest BCUT2D eigenvalue weighted by Gasteiger charge is -2.27. The van der Waals surface area contributed by atoms with Gasteiger partial charge in [-0.2, -0.15) is 0 Å². The van der Waals surface area contributed by atoms with E-state index in [2.05, 4.69) is 29.6 Å². The lowest BCUT2D eigenvalue weighted by Crippen LogP contribution is -2.21. The van der Waals surface area contributed by atoms with Crippen LogP contribution in [0.5, 0.6) is 0 Å². The number of allylic oxidation sites excluding steroid dienone is 4. The minimum atomic E-state index is 0.457. The van der Waals surface area contributed by atoms with Gasteiger partial charge in [-0.25, -0.2) is 0 Å². The van der Waals surface area contributed by atoms with Crippen LogP contribution in [0.15, 0.2) is 35.8 Å². The Bertz CT molecular complexity index is 298. The summed E-state index contributed by atoms with van der Waals surface area (Å²) in [5.41, 5.74) is 1.16. The molecule has 1 N–H and O–H groups in total. The Balaban J connectivity index is 2.03. The van der Waals surface area contributed by atoms with E-state index in [0.717, 1.165) is 24.3 Å². The van der Waals surface area contributed by atoms with Crippen molar-refractivity contribution in [3.8, 4) is 0 Å². The maximum Gasteiger partial charge on any atom is 0.121 e. The Labute approximate surface area is 91.7 Å². The Morgan fingerprint density at radius 2 is 2.20 bits per heavy atom. The molecule has 2 heteroatoms. The van der Waals surface area contributed by atoms with Crippen LogP contribution in [0.4, 0.5) is 0 Å². The van der Waals surface area contributed by atoms with Crippen molar-refractivity contribution in [2.75, 3.05) is 7.05 Å². The SMILES string of the molecule is CNC1=CCC/C=C/C(OC2CCC2)=C1. The zero-order valence-corrected chi connectivity index (χ0v) is 9.33. The zero-order valence-electron chi connectivity index (χ0n) is 9.33. The number of hydrogen-bond donors (Lipinski definition) is 1. The largest absolute Gasteiger partial charge is 0.490 e. The molecule has 1 fully saturated rings. The molecule has 82 valence electrons. The first-order valence-electron chi connectivity index (χ1n) is 5.81. The summed E-state index contributed by atoms with van der Waals surface area (Å²) in [5, 5.41) is 3.18. The average molecular weight is 205 g/mol. The third-order valence-corrected chi connectivity index (χ3v) is 2.92. The number of likely N-dealkylation sites (N-methyl/N-ethyl adjacent to an activating group) is 1. The minimum absolute atomic E-state index is 0.457. The number of ether oxygens (including phenoxy) is 1. The molecule has 1 saturated carbocycles. The van der Waals surface area contributed by atoms with Crippen LogP contribution in [0.3, 0.4) is 0 Å². The van der Waals surface area contributed by atoms with Gasteiger partial charge in [0.15, 0.2) is 0 Å². The Morgan fingerprint density at radius 1 is 1.33 bits per heavy atom. The van der Waals surface area contributed by atoms with E-state index >= 15 is 0 Å². The first-order valence-corrected chi connectivity index (χ1v) is 5.81. The van der Waals surface area contributed by atoms with Crippen molar-refractivity contribution < 1.29 is 4.74 Å². The summed E-state index contributed by atoms with van der Waals surface area (Å²) in [6.45, 7) is 0. The standard InChI is InChI=1S/C13H19NO/c1-14-11-6-3-2-4-7-13(10-11)15-12-8-5-9-12/h4,6-7,10,12,14H,2-3,5,8-9H2,1H3/b7-4+,11-6?,13-10?. The molecule has 2 aliphatic rings. The van der Waals surface area contributed by atoms with Crippen molar-refractivity contribution >= 4 is 0 Å². The van der Waals surface area contributed by atoms with Crippen LogP contribution in [-0.2, 0) is 4.74 Å². The van der Waals surface area contributed by atoms with Crippen LogP contribution in [0.2, 0.25) is 0 Å². The second-order valence-electron chi connectivity index (χ2n) is 4.11. The van der Waals surface area contributed by atoms with E-state index < -0.39 is 0 Å². The van der Waals surface area contributed by atoms with E-state index in [4.69, 9.17) is 4.74 Å². The summed E-state index contributed by atoms with van der Waals surface area (Å²) in [5.74, 6) is 1.00. The number of rotatable bonds is 3. The molecule has 2 nitrogen and oxygen atoms in total. The van der Waals surface area contributed by atoms with Gasteiger partial charge in [0.2, 0.25) is 0 Å². The third-order valence-electron chi connectivity index (χ3n) is 2.92. The van der Waals surface area contributed by atoms with Crippen LogP contribution < -0.4 is 5.32 Å². The zero-order chi connectivity index (χ0) is 10.5. The Kier molecular flexibility index (Phi) is 3.49. The summed E-state index contributed by atoms with van der Waals surface area (Å²) >= 11 is 0. The van der Waals surface area contributed by atoms with E-state index in [1.807, 2.05) is 7.05 Å². The average Bonchev–Trinajstić information content (AvgIpc) is 2.14. The van der Waals surface area contributed by atoms with Crippen LogP contribution >= 0.6 is 0 Å². The van der Waals surface area contributed by atoms with E-state index in [1.54, 1.807) is 0 Å². The van der Waals surface area contributed by atoms with Gasteiger partial charge in [-0.05, 0) is 38.2 Å². The smallest absolute Gasteiger partial charge is 0.121 e. The van der Waals surface area contributed by atoms with Crippen molar-refractivity contribution in [3.05, 3.63) is 35.8 Å². The fourth-order valence-corrected chi connectivity index (χ4v) is 1.72. The molecule has 0 spiro atoms. The van der Waals surface area contributed by atoms with Gasteiger partial charge in [-0.15, -0.1) is 0 Å². The minimum Gasteiger partial charge on any atom is -0.490 e. The number of hydrogen-bond acceptors (Lipinski definition) is 2. The second kappa shape index (κ2) is 5.06. The van der Waals surface area contributed by atoms with Gasteiger partial charge in [0.25, 0.3) is 0 Å². The molecule has 0 aromatic rings. The molecule has 0 heterocycles. The van der Waals surface area contributed by atoms with E-state index in [-0.39, 0.29) is 0 Å². The molecule has 0 aliphatic heterocycles. The summed E-state index contributed by atoms with van der Waals surface area (Å²) in [6.07, 6.45) is 15.0. The van der Waals surface area contributed by atoms with E-state index in [9.17, 15) is 0 Å². The quantitative estimate of drug-likeness (QED) is 0.765. The second-order valence-corrected chi connectivity index (χ2v) is 4.11. The van der Waals surface area contributed by atoms with Gasteiger partial charge in [0.05, 0.1) is 6.10 Å². The molecule has 2 aliphatic carbocycles. The first-order chi connectivity index (χ1) is 7.38. The van der Waals surface area contributed by atoms with Gasteiger partial charge in [-0.3, -0.25) is 0 Å². The monoisotopic (exact) mass is 205 g/mol. The molecule has 0 bridgehead atoms. The van der Waals surface area contributed by atoms with Gasteiger partial charge < -0.3 is 10.1 Å². The van der Waals surface area contributed by atoms with Crippen LogP contribution in [-0.4, -0.2) is 13.2 Å². The molecule has 0 aromatic heterocycles. The molecule has 0 radical (unpaired) electrons. The third kappa shape index (κ3) is 2.88. The van der Waals surface area contributed by atoms with Crippen LogP contribution in [0, 0.1) is 0 Å². The lowest BCUT2D eigenvalue weighted by molar-refractivity contribution is 0.0589. The van der Waals surface area contributed by atoms with Gasteiger partial charge in [0.1, 0.15) is 5.76 Å². The first kappa shape index (κ1) is 10.3. The summed E-state index contributed by atoms with van der Waals surface area (Å²) in [6, 6.07) is 0. The molecule has 2 rings (SSSR count). The van der Waals surface area contributed by atoms with Crippen molar-refractivity contribution in [1.82, 2.24) is 5.32 Å². The predicted octanol–water partition coefficient (Wildman–Crippen LogP) is 2.89. The lowest BCUT2D eigenvalue weighted by atomic mass is 9.96. The predicted molar refractivity (Wildman–Crippen MR) is 62.3 cm³/mol. The highest BCUT2D eigenvalue weighted by Gasteiger charge is 2.19. The molecular weight excluding hydrogens is 186 g/mol.